The van der Waals surface area contributed by atoms with Crippen molar-refractivity contribution in [2.75, 3.05) is 0 Å². The summed E-state index contributed by atoms with van der Waals surface area (Å²) >= 11 is 12.0. The summed E-state index contributed by atoms with van der Waals surface area (Å²) in [4.78, 5) is 16.4. The molecular formula is C20H13Cl2N3O2. The quantitative estimate of drug-likeness (QED) is 0.658. The Morgan fingerprint density at radius 2 is 1.89 bits per heavy atom. The number of aromatic nitrogens is 1. The van der Waals surface area contributed by atoms with Gasteiger partial charge in [0.25, 0.3) is 5.91 Å². The number of nitrogens with zero attached hydrogens (tertiary/aromatic N) is 2. The number of nitriles is 1. The molecular weight excluding hydrogens is 385 g/mol. The first-order valence-corrected chi connectivity index (χ1v) is 8.67. The van der Waals surface area contributed by atoms with Gasteiger partial charge in [0.15, 0.2) is 0 Å². The lowest BCUT2D eigenvalue weighted by molar-refractivity contribution is 0.0950. The second kappa shape index (κ2) is 8.54. The zero-order valence-electron chi connectivity index (χ0n) is 13.9. The van der Waals surface area contributed by atoms with E-state index in [4.69, 9.17) is 33.2 Å². The van der Waals surface area contributed by atoms with E-state index in [1.54, 1.807) is 54.6 Å². The second-order valence-electron chi connectivity index (χ2n) is 5.54. The molecule has 0 aliphatic carbocycles. The molecule has 1 amide bonds. The molecule has 5 nitrogen and oxygen atoms in total. The maximum atomic E-state index is 12.2. The van der Waals surface area contributed by atoms with Gasteiger partial charge >= 0.3 is 0 Å². The van der Waals surface area contributed by atoms with Crippen molar-refractivity contribution in [3.05, 3.63) is 87.5 Å². The van der Waals surface area contributed by atoms with Gasteiger partial charge in [-0.25, -0.2) is 4.98 Å². The molecule has 0 radical (unpaired) electrons. The van der Waals surface area contributed by atoms with Crippen molar-refractivity contribution in [1.82, 2.24) is 10.3 Å². The normalized spacial score (nSPS) is 10.1. The predicted molar refractivity (Wildman–Crippen MR) is 103 cm³/mol. The van der Waals surface area contributed by atoms with Crippen molar-refractivity contribution in [2.24, 2.45) is 0 Å². The number of hydrogen-bond donors (Lipinski definition) is 1. The number of amides is 1. The number of ether oxygens (including phenoxy) is 1. The summed E-state index contributed by atoms with van der Waals surface area (Å²) in [5.74, 6) is 0.617. The highest BCUT2D eigenvalue weighted by molar-refractivity contribution is 6.35. The van der Waals surface area contributed by atoms with Gasteiger partial charge in [0.2, 0.25) is 5.88 Å². The SMILES string of the molecule is N#Cc1ccc(Oc2ccc(C(=O)NCc3ccc(Cl)cc3Cl)cn2)cc1. The highest BCUT2D eigenvalue weighted by Crippen LogP contribution is 2.21. The van der Waals surface area contributed by atoms with Gasteiger partial charge in [-0.05, 0) is 48.0 Å². The maximum Gasteiger partial charge on any atom is 0.253 e. The van der Waals surface area contributed by atoms with Crippen LogP contribution < -0.4 is 10.1 Å². The molecule has 3 rings (SSSR count). The molecule has 0 atom stereocenters. The lowest BCUT2D eigenvalue weighted by Gasteiger charge is -2.08. The number of carbonyl (C=O) groups excluding carboxylic acids is 1. The van der Waals surface area contributed by atoms with Crippen LogP contribution in [0, 0.1) is 11.3 Å². The molecule has 0 saturated heterocycles. The molecule has 0 saturated carbocycles. The predicted octanol–water partition coefficient (Wildman–Crippen LogP) is 4.98. The molecule has 1 N–H and O–H groups in total. The Kier molecular flexibility index (Phi) is 5.92. The van der Waals surface area contributed by atoms with Crippen LogP contribution in [-0.4, -0.2) is 10.9 Å². The number of benzene rings is 2. The van der Waals surface area contributed by atoms with Gasteiger partial charge in [0.05, 0.1) is 17.2 Å². The maximum absolute atomic E-state index is 12.2. The van der Waals surface area contributed by atoms with Crippen LogP contribution in [0.2, 0.25) is 10.0 Å². The minimum absolute atomic E-state index is 0.276. The average Bonchev–Trinajstić information content (AvgIpc) is 2.68. The van der Waals surface area contributed by atoms with Crippen molar-refractivity contribution in [3.8, 4) is 17.7 Å². The fourth-order valence-corrected chi connectivity index (χ4v) is 2.71. The van der Waals surface area contributed by atoms with E-state index in [2.05, 4.69) is 10.3 Å². The van der Waals surface area contributed by atoms with E-state index in [1.807, 2.05) is 6.07 Å². The number of nitrogens with one attached hydrogen (secondary N) is 1. The Bertz CT molecular complexity index is 997. The Balaban J connectivity index is 1.60. The van der Waals surface area contributed by atoms with Crippen LogP contribution in [0.15, 0.2) is 60.8 Å². The number of halogens is 2. The second-order valence-corrected chi connectivity index (χ2v) is 6.39. The minimum Gasteiger partial charge on any atom is -0.439 e. The average molecular weight is 398 g/mol. The highest BCUT2D eigenvalue weighted by atomic mass is 35.5. The van der Waals surface area contributed by atoms with Gasteiger partial charge in [0, 0.05) is 28.9 Å². The molecule has 2 aromatic carbocycles. The molecule has 0 fully saturated rings. The van der Waals surface area contributed by atoms with Crippen LogP contribution >= 0.6 is 23.2 Å². The summed E-state index contributed by atoms with van der Waals surface area (Å²) in [6, 6.07) is 17.0. The summed E-state index contributed by atoms with van der Waals surface area (Å²) < 4.78 is 5.59. The van der Waals surface area contributed by atoms with Crippen LogP contribution in [0.5, 0.6) is 11.6 Å². The molecule has 0 unspecified atom stereocenters. The molecule has 27 heavy (non-hydrogen) atoms. The van der Waals surface area contributed by atoms with Gasteiger partial charge in [-0.3, -0.25) is 4.79 Å². The molecule has 0 spiro atoms. The van der Waals surface area contributed by atoms with E-state index in [1.165, 1.54) is 6.20 Å². The van der Waals surface area contributed by atoms with Crippen molar-refractivity contribution in [1.29, 1.82) is 5.26 Å². The monoisotopic (exact) mass is 397 g/mol. The van der Waals surface area contributed by atoms with E-state index in [9.17, 15) is 4.79 Å². The Morgan fingerprint density at radius 1 is 1.11 bits per heavy atom. The Hall–Kier alpha value is -3.07. The van der Waals surface area contributed by atoms with Crippen LogP contribution in [0.25, 0.3) is 0 Å². The molecule has 1 heterocycles. The smallest absolute Gasteiger partial charge is 0.253 e. The minimum atomic E-state index is -0.279. The van der Waals surface area contributed by atoms with Crippen LogP contribution in [0.3, 0.4) is 0 Å². The standard InChI is InChI=1S/C20H13Cl2N3O2/c21-16-5-3-14(18(22)9-16)11-25-20(26)15-4-8-19(24-12-15)27-17-6-1-13(10-23)2-7-17/h1-9,12H,11H2,(H,25,26). The first kappa shape index (κ1) is 18.7. The zero-order valence-corrected chi connectivity index (χ0v) is 15.5. The first-order valence-electron chi connectivity index (χ1n) is 7.91. The molecule has 134 valence electrons. The van der Waals surface area contributed by atoms with E-state index >= 15 is 0 Å². The van der Waals surface area contributed by atoms with Crippen molar-refractivity contribution in [3.63, 3.8) is 0 Å². The summed E-state index contributed by atoms with van der Waals surface area (Å²) in [6.07, 6.45) is 1.43. The van der Waals surface area contributed by atoms with E-state index in [0.717, 1.165) is 5.56 Å². The number of hydrogen-bond acceptors (Lipinski definition) is 4. The van der Waals surface area contributed by atoms with E-state index in [0.29, 0.717) is 32.8 Å². The fourth-order valence-electron chi connectivity index (χ4n) is 2.24. The number of rotatable bonds is 5. The molecule has 1 aromatic heterocycles. The largest absolute Gasteiger partial charge is 0.439 e. The summed E-state index contributed by atoms with van der Waals surface area (Å²) in [5, 5.41) is 12.6. The van der Waals surface area contributed by atoms with Gasteiger partial charge in [-0.15, -0.1) is 0 Å². The summed E-state index contributed by atoms with van der Waals surface area (Å²) in [7, 11) is 0. The van der Waals surface area contributed by atoms with Crippen LogP contribution in [0.4, 0.5) is 0 Å². The zero-order chi connectivity index (χ0) is 19.2. The van der Waals surface area contributed by atoms with Gasteiger partial charge in [-0.2, -0.15) is 5.26 Å². The molecule has 7 heteroatoms. The third-order valence-electron chi connectivity index (χ3n) is 3.66. The van der Waals surface area contributed by atoms with Crippen molar-refractivity contribution < 1.29 is 9.53 Å². The van der Waals surface area contributed by atoms with Crippen LogP contribution in [0.1, 0.15) is 21.5 Å². The lowest BCUT2D eigenvalue weighted by Crippen LogP contribution is -2.23. The Morgan fingerprint density at radius 3 is 2.52 bits per heavy atom. The van der Waals surface area contributed by atoms with Gasteiger partial charge in [0.1, 0.15) is 5.75 Å². The van der Waals surface area contributed by atoms with Crippen LogP contribution in [-0.2, 0) is 6.54 Å². The molecule has 0 aliphatic rings. The third-order valence-corrected chi connectivity index (χ3v) is 4.25. The van der Waals surface area contributed by atoms with Crippen molar-refractivity contribution in [2.45, 2.75) is 6.54 Å². The lowest BCUT2D eigenvalue weighted by atomic mass is 10.2. The van der Waals surface area contributed by atoms with E-state index in [-0.39, 0.29) is 12.5 Å². The van der Waals surface area contributed by atoms with Gasteiger partial charge in [-0.1, -0.05) is 29.3 Å². The topological polar surface area (TPSA) is 75.0 Å². The highest BCUT2D eigenvalue weighted by Gasteiger charge is 2.09. The molecule has 3 aromatic rings. The molecule has 0 bridgehead atoms. The number of carbonyl (C=O) groups is 1. The summed E-state index contributed by atoms with van der Waals surface area (Å²) in [6.45, 7) is 0.276. The van der Waals surface area contributed by atoms with Crippen molar-refractivity contribution >= 4 is 29.1 Å². The Labute approximate surface area is 166 Å². The van der Waals surface area contributed by atoms with Gasteiger partial charge < -0.3 is 10.1 Å². The number of pyridine rings is 1. The summed E-state index contributed by atoms with van der Waals surface area (Å²) in [5.41, 5.74) is 1.71. The first-order chi connectivity index (χ1) is 13.0. The third kappa shape index (κ3) is 4.98. The fraction of sp³-hybridized carbons (Fsp3) is 0.0500. The molecule has 0 aliphatic heterocycles. The van der Waals surface area contributed by atoms with E-state index < -0.39 is 0 Å².